The molecule has 0 fully saturated rings. The van der Waals surface area contributed by atoms with Crippen LogP contribution in [0.15, 0.2) is 93.9 Å². The third-order valence-corrected chi connectivity index (χ3v) is 12.1. The van der Waals surface area contributed by atoms with Crippen molar-refractivity contribution >= 4 is 50.1 Å². The van der Waals surface area contributed by atoms with Crippen LogP contribution in [0.5, 0.6) is 0 Å². The van der Waals surface area contributed by atoms with Gasteiger partial charge < -0.3 is 13.9 Å². The minimum atomic E-state index is -0.195. The molecule has 4 aliphatic rings. The molecule has 0 saturated heterocycles. The van der Waals surface area contributed by atoms with Gasteiger partial charge in [0.05, 0.1) is 39.8 Å². The van der Waals surface area contributed by atoms with E-state index in [2.05, 4.69) is 129 Å². The van der Waals surface area contributed by atoms with Gasteiger partial charge in [0.25, 0.3) is 0 Å². The molecule has 0 amide bonds. The van der Waals surface area contributed by atoms with Crippen LogP contribution in [0.3, 0.4) is 0 Å². The second-order valence-electron chi connectivity index (χ2n) is 14.6. The lowest BCUT2D eigenvalue weighted by molar-refractivity contribution is 0.425. The maximum Gasteiger partial charge on any atom is 0.137 e. The topological polar surface area (TPSA) is 21.3 Å². The largest absolute Gasteiger partial charge is 0.466 e. The zero-order valence-corrected chi connectivity index (χ0v) is 26.8. The van der Waals surface area contributed by atoms with Crippen molar-refractivity contribution in [2.45, 2.75) is 64.2 Å². The number of hydrogen-bond acceptors (Lipinski definition) is 3. The van der Waals surface area contributed by atoms with Gasteiger partial charge in [0.2, 0.25) is 0 Å². The number of rotatable bonds is 1. The van der Waals surface area contributed by atoms with E-state index in [-0.39, 0.29) is 16.2 Å². The third kappa shape index (κ3) is 2.72. The number of thiophene rings is 1. The first-order valence-corrected chi connectivity index (χ1v) is 16.6. The molecule has 0 radical (unpaired) electrons. The van der Waals surface area contributed by atoms with E-state index in [4.69, 9.17) is 4.42 Å². The molecule has 216 valence electrons. The molecule has 3 aromatic carbocycles. The minimum absolute atomic E-state index is 0.0127. The summed E-state index contributed by atoms with van der Waals surface area (Å²) in [6, 6.07) is 21.0. The average molecular weight is 591 g/mol. The standard InChI is InChI=1S/C40H34N2OS/c1-22-16-26-25-18-23(10-12-31(25)41-32-14-15-43-37(32)39(4,5)29(17-22)35(26)41)24-11-13-34-40(6,19-24)28-9-7-8-27-36(28)42(34)33-21-44-20-30(33)38(27,2)3/h7-18,20-21H,19H2,1-6H3. The van der Waals surface area contributed by atoms with Gasteiger partial charge in [0, 0.05) is 38.7 Å². The Morgan fingerprint density at radius 1 is 0.773 bits per heavy atom. The smallest absolute Gasteiger partial charge is 0.137 e. The van der Waals surface area contributed by atoms with Crippen LogP contribution in [0, 0.1) is 6.92 Å². The highest BCUT2D eigenvalue weighted by Crippen LogP contribution is 2.63. The summed E-state index contributed by atoms with van der Waals surface area (Å²) in [5, 5.41) is 7.35. The van der Waals surface area contributed by atoms with E-state index < -0.39 is 0 Å². The first-order chi connectivity index (χ1) is 21.1. The zero-order chi connectivity index (χ0) is 29.9. The van der Waals surface area contributed by atoms with Gasteiger partial charge >= 0.3 is 0 Å². The van der Waals surface area contributed by atoms with Crippen LogP contribution in [-0.2, 0) is 16.2 Å². The van der Waals surface area contributed by atoms with Crippen molar-refractivity contribution in [1.29, 1.82) is 0 Å². The molecule has 10 rings (SSSR count). The SMILES string of the molecule is Cc1cc2c3c(c1)c1cc(C4=CC=C5N6c7cscc7C(C)(C)c7cccc(c76)C5(C)C4)ccc1n3-c1ccoc1C2(C)C. The predicted molar refractivity (Wildman–Crippen MR) is 183 cm³/mol. The molecule has 0 saturated carbocycles. The van der Waals surface area contributed by atoms with E-state index in [0.717, 1.165) is 17.9 Å². The molecule has 6 heterocycles. The van der Waals surface area contributed by atoms with Crippen molar-refractivity contribution in [1.82, 2.24) is 4.57 Å². The van der Waals surface area contributed by atoms with Gasteiger partial charge in [-0.1, -0.05) is 55.8 Å². The number of aryl methyl sites for hydroxylation is 1. The van der Waals surface area contributed by atoms with Crippen molar-refractivity contribution in [3.05, 3.63) is 129 Å². The second-order valence-corrected chi connectivity index (χ2v) is 15.4. The fraction of sp³-hybridized carbons (Fsp3) is 0.250. The molecule has 3 aliphatic heterocycles. The summed E-state index contributed by atoms with van der Waals surface area (Å²) in [6.07, 6.45) is 7.62. The van der Waals surface area contributed by atoms with Crippen molar-refractivity contribution in [3.8, 4) is 5.69 Å². The number of furan rings is 1. The van der Waals surface area contributed by atoms with E-state index in [1.807, 2.05) is 17.6 Å². The lowest BCUT2D eigenvalue weighted by Gasteiger charge is -2.39. The van der Waals surface area contributed by atoms with Gasteiger partial charge in [-0.25, -0.2) is 0 Å². The molecule has 44 heavy (non-hydrogen) atoms. The molecule has 3 nitrogen and oxygen atoms in total. The highest BCUT2D eigenvalue weighted by molar-refractivity contribution is 7.08. The quantitative estimate of drug-likeness (QED) is 0.190. The van der Waals surface area contributed by atoms with E-state index >= 15 is 0 Å². The van der Waals surface area contributed by atoms with Crippen molar-refractivity contribution in [3.63, 3.8) is 0 Å². The summed E-state index contributed by atoms with van der Waals surface area (Å²) in [6.45, 7) is 14.0. The van der Waals surface area contributed by atoms with Crippen LogP contribution in [0.4, 0.5) is 11.4 Å². The fourth-order valence-electron chi connectivity index (χ4n) is 9.11. The Bertz CT molecular complexity index is 2350. The van der Waals surface area contributed by atoms with Crippen molar-refractivity contribution < 1.29 is 4.42 Å². The van der Waals surface area contributed by atoms with Gasteiger partial charge in [-0.15, -0.1) is 11.3 Å². The Morgan fingerprint density at radius 3 is 2.48 bits per heavy atom. The lowest BCUT2D eigenvalue weighted by atomic mass is 9.71. The number of nitrogens with zero attached hydrogens (tertiary/aromatic N) is 2. The van der Waals surface area contributed by atoms with Crippen molar-refractivity contribution in [2.24, 2.45) is 0 Å². The maximum absolute atomic E-state index is 6.14. The third-order valence-electron chi connectivity index (χ3n) is 11.4. The molecule has 1 unspecified atom stereocenters. The van der Waals surface area contributed by atoms with Gasteiger partial charge in [0.1, 0.15) is 5.76 Å². The number of anilines is 2. The Morgan fingerprint density at radius 2 is 1.61 bits per heavy atom. The molecule has 0 spiro atoms. The van der Waals surface area contributed by atoms with Crippen LogP contribution in [0.2, 0.25) is 0 Å². The number of hydrogen-bond donors (Lipinski definition) is 0. The average Bonchev–Trinajstić information content (AvgIpc) is 3.78. The Balaban J connectivity index is 1.18. The van der Waals surface area contributed by atoms with Crippen LogP contribution < -0.4 is 4.90 Å². The normalized spacial score (nSPS) is 21.5. The van der Waals surface area contributed by atoms with Gasteiger partial charge in [-0.05, 0) is 97.2 Å². The Hall–Kier alpha value is -4.28. The summed E-state index contributed by atoms with van der Waals surface area (Å²) in [5.74, 6) is 1.04. The monoisotopic (exact) mass is 590 g/mol. The number of fused-ring (bicyclic) bond motifs is 10. The summed E-state index contributed by atoms with van der Waals surface area (Å²) in [7, 11) is 0. The molecule has 1 atom stereocenters. The highest BCUT2D eigenvalue weighted by Gasteiger charge is 2.51. The van der Waals surface area contributed by atoms with E-state index in [1.165, 1.54) is 77.8 Å². The van der Waals surface area contributed by atoms with E-state index in [0.29, 0.717) is 0 Å². The minimum Gasteiger partial charge on any atom is -0.466 e. The summed E-state index contributed by atoms with van der Waals surface area (Å²) in [4.78, 5) is 2.58. The van der Waals surface area contributed by atoms with Crippen LogP contribution >= 0.6 is 11.3 Å². The highest BCUT2D eigenvalue weighted by atomic mass is 32.1. The molecule has 4 heteroatoms. The van der Waals surface area contributed by atoms with Crippen molar-refractivity contribution in [2.75, 3.05) is 4.90 Å². The van der Waals surface area contributed by atoms with Crippen LogP contribution in [0.25, 0.3) is 33.1 Å². The predicted octanol–water partition coefficient (Wildman–Crippen LogP) is 10.8. The Kier molecular flexibility index (Phi) is 4.38. The van der Waals surface area contributed by atoms with Gasteiger partial charge in [0.15, 0.2) is 0 Å². The summed E-state index contributed by atoms with van der Waals surface area (Å²) in [5.41, 5.74) is 17.2. The molecular weight excluding hydrogens is 557 g/mol. The summed E-state index contributed by atoms with van der Waals surface area (Å²) >= 11 is 1.82. The van der Waals surface area contributed by atoms with Gasteiger partial charge in [-0.3, -0.25) is 0 Å². The summed E-state index contributed by atoms with van der Waals surface area (Å²) < 4.78 is 8.57. The molecule has 1 aliphatic carbocycles. The molecule has 0 N–H and O–H groups in total. The van der Waals surface area contributed by atoms with E-state index in [1.54, 1.807) is 0 Å². The fourth-order valence-corrected chi connectivity index (χ4v) is 10.1. The molecular formula is C40H34N2OS. The van der Waals surface area contributed by atoms with Crippen LogP contribution in [0.1, 0.15) is 80.2 Å². The molecule has 3 aromatic heterocycles. The molecule has 0 bridgehead atoms. The van der Waals surface area contributed by atoms with Gasteiger partial charge in [-0.2, -0.15) is 0 Å². The van der Waals surface area contributed by atoms with Crippen LogP contribution in [-0.4, -0.2) is 4.57 Å². The zero-order valence-electron chi connectivity index (χ0n) is 26.0. The number of allylic oxidation sites excluding steroid dienone is 4. The lowest BCUT2D eigenvalue weighted by Crippen LogP contribution is -2.32. The Labute approximate surface area is 261 Å². The number of aromatic nitrogens is 1. The first-order valence-electron chi connectivity index (χ1n) is 15.7. The number of para-hydroxylation sites is 1. The first kappa shape index (κ1) is 25.1. The maximum atomic E-state index is 6.14. The molecule has 6 aromatic rings. The number of benzene rings is 3. The van der Waals surface area contributed by atoms with E-state index in [9.17, 15) is 0 Å². The second kappa shape index (κ2) is 7.68.